The number of aromatic nitrogens is 4. The summed E-state index contributed by atoms with van der Waals surface area (Å²) in [7, 11) is 1.67. The molecule has 3 rings (SSSR count). The van der Waals surface area contributed by atoms with Gasteiger partial charge in [0.2, 0.25) is 0 Å². The van der Waals surface area contributed by atoms with E-state index in [-0.39, 0.29) is 23.7 Å². The predicted molar refractivity (Wildman–Crippen MR) is 81.3 cm³/mol. The monoisotopic (exact) mass is 321 g/mol. The predicted octanol–water partition coefficient (Wildman–Crippen LogP) is 1.09. The molecular formula is C15H20FN5O2. The van der Waals surface area contributed by atoms with E-state index in [0.717, 1.165) is 12.0 Å². The fraction of sp³-hybridized carbons (Fsp3) is 0.533. The van der Waals surface area contributed by atoms with Gasteiger partial charge in [-0.05, 0) is 25.0 Å². The van der Waals surface area contributed by atoms with Crippen molar-refractivity contribution in [2.75, 3.05) is 13.7 Å². The SMILES string of the molecule is CCn1c([C@@H]2C[C@H](OC)CN2Cc2cncc(F)c2)n[nH]c1=O. The highest BCUT2D eigenvalue weighted by molar-refractivity contribution is 5.12. The van der Waals surface area contributed by atoms with Gasteiger partial charge in [0.05, 0.1) is 18.3 Å². The van der Waals surface area contributed by atoms with Gasteiger partial charge in [-0.1, -0.05) is 0 Å². The van der Waals surface area contributed by atoms with Crippen molar-refractivity contribution in [2.45, 2.75) is 38.6 Å². The third kappa shape index (κ3) is 3.18. The number of halogens is 1. The lowest BCUT2D eigenvalue weighted by Gasteiger charge is -2.23. The van der Waals surface area contributed by atoms with E-state index in [1.165, 1.54) is 12.3 Å². The van der Waals surface area contributed by atoms with Gasteiger partial charge < -0.3 is 4.74 Å². The van der Waals surface area contributed by atoms with Gasteiger partial charge in [-0.25, -0.2) is 14.3 Å². The van der Waals surface area contributed by atoms with Crippen LogP contribution in [0.25, 0.3) is 0 Å². The van der Waals surface area contributed by atoms with Gasteiger partial charge in [-0.2, -0.15) is 5.10 Å². The van der Waals surface area contributed by atoms with Crippen molar-refractivity contribution in [3.05, 3.63) is 46.1 Å². The molecule has 8 heteroatoms. The van der Waals surface area contributed by atoms with Crippen LogP contribution < -0.4 is 5.69 Å². The van der Waals surface area contributed by atoms with Gasteiger partial charge in [0, 0.05) is 32.9 Å². The summed E-state index contributed by atoms with van der Waals surface area (Å²) in [5.41, 5.74) is 0.573. The highest BCUT2D eigenvalue weighted by Gasteiger charge is 2.36. The fourth-order valence-electron chi connectivity index (χ4n) is 3.14. The van der Waals surface area contributed by atoms with Gasteiger partial charge in [0.1, 0.15) is 5.82 Å². The molecule has 1 aliphatic rings. The van der Waals surface area contributed by atoms with Crippen LogP contribution in [0.5, 0.6) is 0 Å². The van der Waals surface area contributed by atoms with Crippen molar-refractivity contribution in [1.82, 2.24) is 24.6 Å². The van der Waals surface area contributed by atoms with Gasteiger partial charge in [0.25, 0.3) is 0 Å². The summed E-state index contributed by atoms with van der Waals surface area (Å²) in [5, 5.41) is 6.69. The number of pyridine rings is 1. The van der Waals surface area contributed by atoms with Crippen LogP contribution in [-0.4, -0.2) is 44.4 Å². The molecule has 2 aromatic heterocycles. The molecule has 0 saturated carbocycles. The van der Waals surface area contributed by atoms with Crippen molar-refractivity contribution < 1.29 is 9.13 Å². The van der Waals surface area contributed by atoms with E-state index >= 15 is 0 Å². The largest absolute Gasteiger partial charge is 0.380 e. The summed E-state index contributed by atoms with van der Waals surface area (Å²) < 4.78 is 20.5. The minimum atomic E-state index is -0.355. The van der Waals surface area contributed by atoms with E-state index in [1.54, 1.807) is 17.9 Å². The summed E-state index contributed by atoms with van der Waals surface area (Å²) >= 11 is 0. The molecule has 23 heavy (non-hydrogen) atoms. The maximum atomic E-state index is 13.4. The Balaban J connectivity index is 1.88. The van der Waals surface area contributed by atoms with Gasteiger partial charge >= 0.3 is 5.69 Å². The van der Waals surface area contributed by atoms with Crippen molar-refractivity contribution >= 4 is 0 Å². The Morgan fingerprint density at radius 1 is 1.48 bits per heavy atom. The third-order valence-electron chi connectivity index (χ3n) is 4.25. The Morgan fingerprint density at radius 3 is 3.00 bits per heavy atom. The number of nitrogens with zero attached hydrogens (tertiary/aromatic N) is 4. The quantitative estimate of drug-likeness (QED) is 0.892. The molecule has 0 radical (unpaired) electrons. The lowest BCUT2D eigenvalue weighted by Crippen LogP contribution is -2.28. The van der Waals surface area contributed by atoms with Crippen LogP contribution in [0.2, 0.25) is 0 Å². The van der Waals surface area contributed by atoms with Crippen molar-refractivity contribution in [2.24, 2.45) is 0 Å². The third-order valence-corrected chi connectivity index (χ3v) is 4.25. The summed E-state index contributed by atoms with van der Waals surface area (Å²) in [6.07, 6.45) is 3.63. The van der Waals surface area contributed by atoms with Crippen molar-refractivity contribution in [3.8, 4) is 0 Å². The molecule has 0 amide bonds. The Labute approximate surface area is 133 Å². The first-order valence-electron chi connectivity index (χ1n) is 7.63. The molecule has 0 bridgehead atoms. The molecule has 0 aliphatic carbocycles. The van der Waals surface area contributed by atoms with E-state index in [1.807, 2.05) is 6.92 Å². The number of likely N-dealkylation sites (tertiary alicyclic amines) is 1. The molecule has 1 aliphatic heterocycles. The second kappa shape index (κ2) is 6.59. The molecule has 1 saturated heterocycles. The lowest BCUT2D eigenvalue weighted by molar-refractivity contribution is 0.107. The molecule has 0 spiro atoms. The van der Waals surface area contributed by atoms with E-state index in [0.29, 0.717) is 25.5 Å². The molecule has 2 aromatic rings. The second-order valence-electron chi connectivity index (χ2n) is 5.68. The minimum absolute atomic E-state index is 0.0536. The number of aromatic amines is 1. The van der Waals surface area contributed by atoms with Crippen LogP contribution in [0, 0.1) is 5.82 Å². The van der Waals surface area contributed by atoms with Crippen LogP contribution in [0.1, 0.15) is 30.8 Å². The van der Waals surface area contributed by atoms with E-state index in [2.05, 4.69) is 20.1 Å². The topological polar surface area (TPSA) is 76.0 Å². The van der Waals surface area contributed by atoms with E-state index in [4.69, 9.17) is 4.74 Å². The molecular weight excluding hydrogens is 301 g/mol. The Hall–Kier alpha value is -2.06. The molecule has 3 heterocycles. The molecule has 7 nitrogen and oxygen atoms in total. The fourth-order valence-corrected chi connectivity index (χ4v) is 3.14. The number of nitrogens with one attached hydrogen (secondary N) is 1. The molecule has 0 unspecified atom stereocenters. The van der Waals surface area contributed by atoms with Crippen molar-refractivity contribution in [3.63, 3.8) is 0 Å². The number of H-pyrrole nitrogens is 1. The summed E-state index contributed by atoms with van der Waals surface area (Å²) in [4.78, 5) is 17.9. The van der Waals surface area contributed by atoms with Gasteiger partial charge in [-0.3, -0.25) is 14.5 Å². The second-order valence-corrected chi connectivity index (χ2v) is 5.68. The molecule has 124 valence electrons. The number of rotatable bonds is 5. The normalized spacial score (nSPS) is 21.9. The van der Waals surface area contributed by atoms with Crippen LogP contribution in [0.3, 0.4) is 0 Å². The Morgan fingerprint density at radius 2 is 2.30 bits per heavy atom. The summed E-state index contributed by atoms with van der Waals surface area (Å²) in [6.45, 7) is 3.68. The maximum Gasteiger partial charge on any atom is 0.343 e. The lowest BCUT2D eigenvalue weighted by atomic mass is 10.1. The molecule has 1 N–H and O–H groups in total. The van der Waals surface area contributed by atoms with Gasteiger partial charge in [0.15, 0.2) is 5.82 Å². The highest BCUT2D eigenvalue weighted by Crippen LogP contribution is 2.33. The average molecular weight is 321 g/mol. The minimum Gasteiger partial charge on any atom is -0.380 e. The van der Waals surface area contributed by atoms with Gasteiger partial charge in [-0.15, -0.1) is 0 Å². The van der Waals surface area contributed by atoms with Crippen LogP contribution in [0.4, 0.5) is 4.39 Å². The Kier molecular flexibility index (Phi) is 4.53. The van der Waals surface area contributed by atoms with Crippen LogP contribution >= 0.6 is 0 Å². The van der Waals surface area contributed by atoms with Crippen LogP contribution in [0.15, 0.2) is 23.3 Å². The smallest absolute Gasteiger partial charge is 0.343 e. The molecule has 2 atom stereocenters. The first-order valence-corrected chi connectivity index (χ1v) is 7.63. The average Bonchev–Trinajstić information content (AvgIpc) is 3.10. The zero-order valence-corrected chi connectivity index (χ0v) is 13.2. The van der Waals surface area contributed by atoms with Crippen molar-refractivity contribution in [1.29, 1.82) is 0 Å². The summed E-state index contributed by atoms with van der Waals surface area (Å²) in [6, 6.07) is 1.42. The first kappa shape index (κ1) is 15.8. The maximum absolute atomic E-state index is 13.4. The van der Waals surface area contributed by atoms with E-state index in [9.17, 15) is 9.18 Å². The molecule has 1 fully saturated rings. The van der Waals surface area contributed by atoms with E-state index < -0.39 is 0 Å². The standard InChI is InChI=1S/C15H20FN5O2/c1-3-21-14(18-19-15(21)22)13-5-12(23-2)9-20(13)8-10-4-11(16)7-17-6-10/h4,6-7,12-13H,3,5,8-9H2,1-2H3,(H,19,22)/t12-,13-/m0/s1. The van der Waals surface area contributed by atoms with Crippen LogP contribution in [-0.2, 0) is 17.8 Å². The number of ether oxygens (including phenoxy) is 1. The zero-order chi connectivity index (χ0) is 16.4. The highest BCUT2D eigenvalue weighted by atomic mass is 19.1. The molecule has 0 aromatic carbocycles. The number of hydrogen-bond donors (Lipinski definition) is 1. The number of methoxy groups -OCH3 is 1. The Bertz CT molecular complexity index is 729. The zero-order valence-electron chi connectivity index (χ0n) is 13.2. The summed E-state index contributed by atoms with van der Waals surface area (Å²) in [5.74, 6) is 0.341. The first-order chi connectivity index (χ1) is 11.1. The number of hydrogen-bond acceptors (Lipinski definition) is 5.